The average Bonchev–Trinajstić information content (AvgIpc) is 3.03. The first-order valence-electron chi connectivity index (χ1n) is 5.82. The van der Waals surface area contributed by atoms with Crippen molar-refractivity contribution in [3.8, 4) is 11.5 Å². The van der Waals surface area contributed by atoms with Gasteiger partial charge in [0.05, 0.1) is 0 Å². The lowest BCUT2D eigenvalue weighted by molar-refractivity contribution is -0.141. The van der Waals surface area contributed by atoms with Crippen molar-refractivity contribution in [1.29, 1.82) is 0 Å². The highest BCUT2D eigenvalue weighted by molar-refractivity contribution is 7.17. The lowest BCUT2D eigenvalue weighted by atomic mass is 10.3. The molecule has 2 N–H and O–H groups in total. The van der Waals surface area contributed by atoms with Crippen LogP contribution in [0.3, 0.4) is 0 Å². The fourth-order valence-electron chi connectivity index (χ4n) is 1.81. The van der Waals surface area contributed by atoms with E-state index < -0.39 is 22.7 Å². The van der Waals surface area contributed by atoms with Crippen LogP contribution in [-0.2, 0) is 6.18 Å². The van der Waals surface area contributed by atoms with E-state index in [2.05, 4.69) is 10.3 Å². The second-order valence-corrected chi connectivity index (χ2v) is 5.19. The molecule has 2 aromatic rings. The van der Waals surface area contributed by atoms with Crippen molar-refractivity contribution in [3.05, 3.63) is 28.8 Å². The number of aromatic nitrogens is 1. The van der Waals surface area contributed by atoms with E-state index in [0.717, 1.165) is 0 Å². The third-order valence-corrected chi connectivity index (χ3v) is 3.67. The largest absolute Gasteiger partial charge is 0.477 e. The summed E-state index contributed by atoms with van der Waals surface area (Å²) < 4.78 is 48.5. The molecule has 0 atom stereocenters. The summed E-state index contributed by atoms with van der Waals surface area (Å²) in [5.41, 5.74) is -1.02. The number of rotatable bonds is 3. The van der Waals surface area contributed by atoms with Gasteiger partial charge < -0.3 is 19.9 Å². The molecule has 1 aromatic heterocycles. The van der Waals surface area contributed by atoms with Crippen molar-refractivity contribution >= 4 is 28.1 Å². The van der Waals surface area contributed by atoms with Crippen LogP contribution in [0, 0.1) is 0 Å². The molecule has 0 amide bonds. The molecule has 0 saturated heterocycles. The molecule has 6 nitrogen and oxygen atoms in total. The molecule has 0 spiro atoms. The minimum atomic E-state index is -4.83. The van der Waals surface area contributed by atoms with Crippen molar-refractivity contribution < 1.29 is 32.5 Å². The molecule has 0 radical (unpaired) electrons. The first-order chi connectivity index (χ1) is 10.3. The maximum atomic E-state index is 12.8. The lowest BCUT2D eigenvalue weighted by Gasteiger charge is -2.04. The Kier molecular flexibility index (Phi) is 3.32. The number of carboxylic acid groups (broad SMARTS) is 1. The first-order valence-corrected chi connectivity index (χ1v) is 6.64. The maximum Gasteiger partial charge on any atom is 0.435 e. The van der Waals surface area contributed by atoms with E-state index in [1.54, 1.807) is 12.1 Å². The summed E-state index contributed by atoms with van der Waals surface area (Å²) in [7, 11) is 0. The number of anilines is 2. The number of thiazole rings is 1. The summed E-state index contributed by atoms with van der Waals surface area (Å²) in [6, 6.07) is 4.67. The van der Waals surface area contributed by atoms with E-state index in [0.29, 0.717) is 28.5 Å². The monoisotopic (exact) mass is 332 g/mol. The zero-order chi connectivity index (χ0) is 15.9. The standard InChI is InChI=1S/C12H7F3N2O4S/c13-12(14,15)9-8(10(18)19)22-11(17-9)16-5-1-2-6-7(3-5)21-4-20-6/h1-3H,4H2,(H,16,17)(H,18,19). The number of halogens is 3. The molecular formula is C12H7F3N2O4S. The quantitative estimate of drug-likeness (QED) is 0.897. The SMILES string of the molecule is O=C(O)c1sc(Nc2ccc3c(c2)OCO3)nc1C(F)(F)F. The average molecular weight is 332 g/mol. The number of hydrogen-bond donors (Lipinski definition) is 2. The summed E-state index contributed by atoms with van der Waals surface area (Å²) >= 11 is 0.409. The van der Waals surface area contributed by atoms with Crippen LogP contribution in [0.1, 0.15) is 15.4 Å². The number of carbonyl (C=O) groups is 1. The minimum Gasteiger partial charge on any atom is -0.477 e. The van der Waals surface area contributed by atoms with Crippen LogP contribution in [-0.4, -0.2) is 22.9 Å². The summed E-state index contributed by atoms with van der Waals surface area (Å²) in [6.45, 7) is 0.0669. The molecule has 1 aromatic carbocycles. The number of ether oxygens (including phenoxy) is 2. The number of fused-ring (bicyclic) bond motifs is 1. The Hall–Kier alpha value is -2.49. The van der Waals surface area contributed by atoms with Crippen LogP contribution in [0.2, 0.25) is 0 Å². The Labute approximate surface area is 125 Å². The predicted octanol–water partition coefficient (Wildman–Crippen LogP) is 3.33. The number of alkyl halides is 3. The number of benzene rings is 1. The molecule has 0 unspecified atom stereocenters. The van der Waals surface area contributed by atoms with E-state index in [1.165, 1.54) is 6.07 Å². The Morgan fingerprint density at radius 2 is 2.05 bits per heavy atom. The van der Waals surface area contributed by atoms with Gasteiger partial charge in [0, 0.05) is 11.8 Å². The molecule has 0 fully saturated rings. The van der Waals surface area contributed by atoms with Gasteiger partial charge in [-0.2, -0.15) is 13.2 Å². The van der Waals surface area contributed by atoms with Crippen molar-refractivity contribution in [2.45, 2.75) is 6.18 Å². The molecule has 1 aliphatic heterocycles. The van der Waals surface area contributed by atoms with Crippen LogP contribution in [0.15, 0.2) is 18.2 Å². The summed E-state index contributed by atoms with van der Waals surface area (Å²) in [6.07, 6.45) is -4.83. The van der Waals surface area contributed by atoms with Gasteiger partial charge in [0.1, 0.15) is 4.88 Å². The number of nitrogens with one attached hydrogen (secondary N) is 1. The third-order valence-electron chi connectivity index (χ3n) is 2.71. The van der Waals surface area contributed by atoms with Crippen LogP contribution in [0.4, 0.5) is 24.0 Å². The molecule has 0 saturated carbocycles. The minimum absolute atomic E-state index is 0.0669. The zero-order valence-electron chi connectivity index (χ0n) is 10.6. The molecule has 3 rings (SSSR count). The second kappa shape index (κ2) is 5.05. The Balaban J connectivity index is 1.91. The fraction of sp³-hybridized carbons (Fsp3) is 0.167. The van der Waals surface area contributed by atoms with Gasteiger partial charge in [-0.15, -0.1) is 0 Å². The van der Waals surface area contributed by atoms with Crippen molar-refractivity contribution in [1.82, 2.24) is 4.98 Å². The summed E-state index contributed by atoms with van der Waals surface area (Å²) in [4.78, 5) is 13.3. The number of nitrogens with zero attached hydrogens (tertiary/aromatic N) is 1. The molecule has 0 bridgehead atoms. The third kappa shape index (κ3) is 2.64. The summed E-state index contributed by atoms with van der Waals surface area (Å²) in [5, 5.41) is 11.3. The van der Waals surface area contributed by atoms with Crippen LogP contribution in [0.25, 0.3) is 0 Å². The Bertz CT molecular complexity index is 744. The molecule has 1 aliphatic rings. The van der Waals surface area contributed by atoms with Gasteiger partial charge in [0.25, 0.3) is 0 Å². The Morgan fingerprint density at radius 3 is 2.68 bits per heavy atom. The predicted molar refractivity (Wildman–Crippen MR) is 69.9 cm³/mol. The highest BCUT2D eigenvalue weighted by Crippen LogP contribution is 2.39. The molecular weight excluding hydrogens is 325 g/mol. The van der Waals surface area contributed by atoms with Gasteiger partial charge >= 0.3 is 12.1 Å². The maximum absolute atomic E-state index is 12.8. The highest BCUT2D eigenvalue weighted by Gasteiger charge is 2.39. The van der Waals surface area contributed by atoms with Gasteiger partial charge in [-0.3, -0.25) is 0 Å². The topological polar surface area (TPSA) is 80.7 Å². The van der Waals surface area contributed by atoms with Gasteiger partial charge in [-0.25, -0.2) is 9.78 Å². The zero-order valence-corrected chi connectivity index (χ0v) is 11.4. The number of carboxylic acids is 1. The molecule has 2 heterocycles. The smallest absolute Gasteiger partial charge is 0.435 e. The van der Waals surface area contributed by atoms with Crippen LogP contribution < -0.4 is 14.8 Å². The number of aromatic carboxylic acids is 1. The normalized spacial score (nSPS) is 13.2. The van der Waals surface area contributed by atoms with E-state index >= 15 is 0 Å². The van der Waals surface area contributed by atoms with Crippen molar-refractivity contribution in [2.75, 3.05) is 12.1 Å². The summed E-state index contributed by atoms with van der Waals surface area (Å²) in [5.74, 6) is -0.716. The van der Waals surface area contributed by atoms with Crippen molar-refractivity contribution in [2.24, 2.45) is 0 Å². The first kappa shape index (κ1) is 14.4. The van der Waals surface area contributed by atoms with Gasteiger partial charge in [0.2, 0.25) is 6.79 Å². The molecule has 10 heteroatoms. The number of hydrogen-bond acceptors (Lipinski definition) is 6. The van der Waals surface area contributed by atoms with Crippen LogP contribution in [0.5, 0.6) is 11.5 Å². The van der Waals surface area contributed by atoms with Crippen molar-refractivity contribution in [3.63, 3.8) is 0 Å². The van der Waals surface area contributed by atoms with E-state index in [9.17, 15) is 18.0 Å². The van der Waals surface area contributed by atoms with Gasteiger partial charge in [0.15, 0.2) is 22.3 Å². The van der Waals surface area contributed by atoms with Gasteiger partial charge in [-0.1, -0.05) is 11.3 Å². The van der Waals surface area contributed by atoms with E-state index in [-0.39, 0.29) is 11.9 Å². The molecule has 0 aliphatic carbocycles. The molecule has 22 heavy (non-hydrogen) atoms. The van der Waals surface area contributed by atoms with Gasteiger partial charge in [-0.05, 0) is 12.1 Å². The van der Waals surface area contributed by atoms with E-state index in [4.69, 9.17) is 14.6 Å². The van der Waals surface area contributed by atoms with E-state index in [1.807, 2.05) is 0 Å². The second-order valence-electron chi connectivity index (χ2n) is 4.19. The lowest BCUT2D eigenvalue weighted by Crippen LogP contribution is -2.11. The Morgan fingerprint density at radius 1 is 1.32 bits per heavy atom. The fourth-order valence-corrected chi connectivity index (χ4v) is 2.65. The van der Waals surface area contributed by atoms with Crippen LogP contribution >= 0.6 is 11.3 Å². The molecule has 116 valence electrons. The highest BCUT2D eigenvalue weighted by atomic mass is 32.1.